The summed E-state index contributed by atoms with van der Waals surface area (Å²) < 4.78 is 50.2. The van der Waals surface area contributed by atoms with Gasteiger partial charge >= 0.3 is 18.2 Å². The first-order valence-electron chi connectivity index (χ1n) is 11.0. The summed E-state index contributed by atoms with van der Waals surface area (Å²) in [6.45, 7) is 8.25. The van der Waals surface area contributed by atoms with Crippen LogP contribution >= 0.6 is 0 Å². The fraction of sp³-hybridized carbons (Fsp3) is 0.400. The highest BCUT2D eigenvalue weighted by Crippen LogP contribution is 2.34. The van der Waals surface area contributed by atoms with Gasteiger partial charge in [-0.15, -0.1) is 0 Å². The molecule has 3 rings (SSSR count). The molecule has 0 aliphatic carbocycles. The van der Waals surface area contributed by atoms with Crippen LogP contribution in [-0.2, 0) is 27.0 Å². The average Bonchev–Trinajstić information content (AvgIpc) is 3.04. The van der Waals surface area contributed by atoms with Crippen LogP contribution in [0.5, 0.6) is 5.75 Å². The van der Waals surface area contributed by atoms with Crippen LogP contribution in [0.3, 0.4) is 0 Å². The molecule has 0 N–H and O–H groups in total. The van der Waals surface area contributed by atoms with Gasteiger partial charge in [-0.2, -0.15) is 13.2 Å². The lowest BCUT2D eigenvalue weighted by Crippen LogP contribution is -2.40. The van der Waals surface area contributed by atoms with Gasteiger partial charge in [0.05, 0.1) is 18.7 Å². The van der Waals surface area contributed by atoms with Crippen molar-refractivity contribution in [3.63, 3.8) is 0 Å². The fourth-order valence-corrected chi connectivity index (χ4v) is 3.82. The lowest BCUT2D eigenvalue weighted by molar-refractivity contribution is -0.158. The molecule has 1 heterocycles. The first-order chi connectivity index (χ1) is 16.2. The van der Waals surface area contributed by atoms with Gasteiger partial charge in [-0.3, -0.25) is 14.6 Å². The van der Waals surface area contributed by atoms with Crippen molar-refractivity contribution in [3.8, 4) is 5.75 Å². The summed E-state index contributed by atoms with van der Waals surface area (Å²) in [4.78, 5) is 39.7. The Hall–Kier alpha value is -3.56. The molecule has 1 aliphatic rings. The Kier molecular flexibility index (Phi) is 7.14. The van der Waals surface area contributed by atoms with Crippen LogP contribution in [-0.4, -0.2) is 41.6 Å². The summed E-state index contributed by atoms with van der Waals surface area (Å²) in [5.41, 5.74) is -0.120. The fourth-order valence-electron chi connectivity index (χ4n) is 3.82. The number of alkyl halides is 3. The van der Waals surface area contributed by atoms with Crippen molar-refractivity contribution in [2.75, 3.05) is 18.1 Å². The van der Waals surface area contributed by atoms with Gasteiger partial charge in [0.2, 0.25) is 0 Å². The lowest BCUT2D eigenvalue weighted by atomic mass is 10.0. The zero-order chi connectivity index (χ0) is 26.1. The van der Waals surface area contributed by atoms with E-state index in [1.165, 1.54) is 12.1 Å². The third-order valence-corrected chi connectivity index (χ3v) is 5.53. The summed E-state index contributed by atoms with van der Waals surface area (Å²) in [6.07, 6.45) is -4.57. The Morgan fingerprint density at radius 2 is 1.69 bits per heavy atom. The number of hydrogen-bond acceptors (Lipinski definition) is 5. The molecule has 1 aliphatic heterocycles. The smallest absolute Gasteiger partial charge is 0.416 e. The molecular weight excluding hydrogens is 465 g/mol. The van der Waals surface area contributed by atoms with E-state index in [1.54, 1.807) is 46.8 Å². The Balaban J connectivity index is 1.80. The number of urea groups is 1. The number of carbonyl (C=O) groups excluding carboxylic acids is 3. The predicted molar refractivity (Wildman–Crippen MR) is 122 cm³/mol. The maximum absolute atomic E-state index is 13.1. The number of rotatable bonds is 7. The summed E-state index contributed by atoms with van der Waals surface area (Å²) in [7, 11) is 0. The number of carbonyl (C=O) groups is 3. The van der Waals surface area contributed by atoms with E-state index in [-0.39, 0.29) is 25.4 Å². The van der Waals surface area contributed by atoms with Crippen molar-refractivity contribution in [1.29, 1.82) is 0 Å². The van der Waals surface area contributed by atoms with Gasteiger partial charge in [-0.25, -0.2) is 9.59 Å². The van der Waals surface area contributed by atoms with Crippen molar-refractivity contribution in [3.05, 3.63) is 58.7 Å². The standard InChI is InChI=1S/C25H27F3N2O5/c1-6-34-22(32)24(4,5)35-21-15(2)10-17(11-16(21)3)13-30-20(31)14-29(23(30)33)19-9-7-8-18(12-19)25(26,27)28/h7-12H,6,13-14H2,1-5H3. The number of amides is 3. The molecular formula is C25H27F3N2O5. The number of anilines is 1. The molecule has 7 nitrogen and oxygen atoms in total. The highest BCUT2D eigenvalue weighted by atomic mass is 19.4. The van der Waals surface area contributed by atoms with E-state index < -0.39 is 35.2 Å². The Labute approximate surface area is 201 Å². The summed E-state index contributed by atoms with van der Waals surface area (Å²) >= 11 is 0. The molecule has 1 fully saturated rings. The van der Waals surface area contributed by atoms with E-state index in [0.29, 0.717) is 22.4 Å². The molecule has 0 bridgehead atoms. The monoisotopic (exact) mass is 492 g/mol. The molecule has 0 atom stereocenters. The second kappa shape index (κ2) is 9.59. The zero-order valence-electron chi connectivity index (χ0n) is 20.2. The molecule has 35 heavy (non-hydrogen) atoms. The van der Waals surface area contributed by atoms with Gasteiger partial charge < -0.3 is 9.47 Å². The van der Waals surface area contributed by atoms with E-state index in [1.807, 2.05) is 0 Å². The summed E-state index contributed by atoms with van der Waals surface area (Å²) in [5, 5.41) is 0. The number of hydrogen-bond donors (Lipinski definition) is 0. The van der Waals surface area contributed by atoms with Crippen LogP contribution in [0.2, 0.25) is 0 Å². The lowest BCUT2D eigenvalue weighted by Gasteiger charge is -2.26. The van der Waals surface area contributed by atoms with Gasteiger partial charge in [0.1, 0.15) is 12.3 Å². The first kappa shape index (κ1) is 26.1. The Bertz CT molecular complexity index is 1140. The van der Waals surface area contributed by atoms with Crippen molar-refractivity contribution >= 4 is 23.6 Å². The van der Waals surface area contributed by atoms with Gasteiger partial charge in [0.25, 0.3) is 5.91 Å². The minimum atomic E-state index is -4.57. The zero-order valence-corrected chi connectivity index (χ0v) is 20.2. The predicted octanol–water partition coefficient (Wildman–Crippen LogP) is 5.01. The summed E-state index contributed by atoms with van der Waals surface area (Å²) in [5.74, 6) is -0.547. The molecule has 188 valence electrons. The minimum Gasteiger partial charge on any atom is -0.476 e. The molecule has 1 saturated heterocycles. The van der Waals surface area contributed by atoms with Crippen LogP contribution in [0.4, 0.5) is 23.7 Å². The van der Waals surface area contributed by atoms with Crippen LogP contribution < -0.4 is 9.64 Å². The molecule has 2 aromatic carbocycles. The second-order valence-corrected chi connectivity index (χ2v) is 8.79. The maximum atomic E-state index is 13.1. The molecule has 2 aromatic rings. The van der Waals surface area contributed by atoms with E-state index in [0.717, 1.165) is 21.9 Å². The van der Waals surface area contributed by atoms with Crippen LogP contribution in [0.15, 0.2) is 36.4 Å². The van der Waals surface area contributed by atoms with E-state index in [2.05, 4.69) is 0 Å². The summed E-state index contributed by atoms with van der Waals surface area (Å²) in [6, 6.07) is 7.07. The first-order valence-corrected chi connectivity index (χ1v) is 11.0. The highest BCUT2D eigenvalue weighted by Gasteiger charge is 2.39. The molecule has 0 spiro atoms. The number of imide groups is 1. The quantitative estimate of drug-likeness (QED) is 0.401. The van der Waals surface area contributed by atoms with Crippen LogP contribution in [0.1, 0.15) is 43.0 Å². The van der Waals surface area contributed by atoms with Gasteiger partial charge in [-0.1, -0.05) is 18.2 Å². The molecule has 0 saturated carbocycles. The van der Waals surface area contributed by atoms with E-state index in [4.69, 9.17) is 9.47 Å². The molecule has 3 amide bonds. The number of aryl methyl sites for hydroxylation is 2. The number of benzene rings is 2. The number of ether oxygens (including phenoxy) is 2. The Morgan fingerprint density at radius 3 is 2.26 bits per heavy atom. The Morgan fingerprint density at radius 1 is 1.06 bits per heavy atom. The number of esters is 1. The molecule has 0 aromatic heterocycles. The molecule has 0 radical (unpaired) electrons. The molecule has 0 unspecified atom stereocenters. The van der Waals surface area contributed by atoms with Crippen molar-refractivity contribution in [2.45, 2.75) is 52.9 Å². The van der Waals surface area contributed by atoms with Gasteiger partial charge in [0, 0.05) is 5.69 Å². The maximum Gasteiger partial charge on any atom is 0.416 e. The number of nitrogens with zero attached hydrogens (tertiary/aromatic N) is 2. The van der Waals surface area contributed by atoms with Gasteiger partial charge in [0.15, 0.2) is 5.60 Å². The van der Waals surface area contributed by atoms with E-state index in [9.17, 15) is 27.6 Å². The van der Waals surface area contributed by atoms with Crippen LogP contribution in [0, 0.1) is 13.8 Å². The SMILES string of the molecule is CCOC(=O)C(C)(C)Oc1c(C)cc(CN2C(=O)CN(c3cccc(C(F)(F)F)c3)C2=O)cc1C. The van der Waals surface area contributed by atoms with Crippen molar-refractivity contribution in [1.82, 2.24) is 4.90 Å². The van der Waals surface area contributed by atoms with E-state index >= 15 is 0 Å². The average molecular weight is 492 g/mol. The van der Waals surface area contributed by atoms with Crippen molar-refractivity contribution < 1.29 is 37.0 Å². The topological polar surface area (TPSA) is 76.2 Å². The minimum absolute atomic E-state index is 0.00187. The third kappa shape index (κ3) is 5.58. The van der Waals surface area contributed by atoms with Crippen LogP contribution in [0.25, 0.3) is 0 Å². The van der Waals surface area contributed by atoms with Gasteiger partial charge in [-0.05, 0) is 69.5 Å². The largest absolute Gasteiger partial charge is 0.476 e. The highest BCUT2D eigenvalue weighted by molar-refractivity contribution is 6.12. The second-order valence-electron chi connectivity index (χ2n) is 8.79. The molecule has 10 heteroatoms. The van der Waals surface area contributed by atoms with Crippen molar-refractivity contribution in [2.24, 2.45) is 0 Å². The normalized spacial score (nSPS) is 14.5. The third-order valence-electron chi connectivity index (χ3n) is 5.53. The number of halogens is 3.